The number of hydrogen-bond donors (Lipinski definition) is 2. The van der Waals surface area contributed by atoms with Crippen LogP contribution < -0.4 is 41.0 Å². The molecule has 4 N–H and O–H groups in total. The molecule has 0 saturated carbocycles. The molecule has 0 spiro atoms. The fourth-order valence-corrected chi connectivity index (χ4v) is 2.58. The molecule has 0 saturated heterocycles. The molecule has 7 heteroatoms. The van der Waals surface area contributed by atoms with Gasteiger partial charge in [-0.3, -0.25) is 0 Å². The summed E-state index contributed by atoms with van der Waals surface area (Å²) in [6.45, 7) is 4.69. The van der Waals surface area contributed by atoms with E-state index in [1.165, 1.54) is 13.8 Å². The van der Waals surface area contributed by atoms with Crippen molar-refractivity contribution in [3.8, 4) is 0 Å². The fraction of sp³-hybridized carbons (Fsp3) is 0.333. The number of benzene rings is 1. The van der Waals surface area contributed by atoms with Crippen LogP contribution in [0, 0.1) is 20.8 Å². The third-order valence-electron chi connectivity index (χ3n) is 2.55. The predicted molar refractivity (Wildman–Crippen MR) is 57.4 cm³/mol. The zero-order valence-corrected chi connectivity index (χ0v) is 12.6. The van der Waals surface area contributed by atoms with Crippen LogP contribution in [0.4, 0.5) is 11.4 Å². The Labute approximate surface area is 117 Å². The largest absolute Gasteiger partial charge is 1.00 e. The van der Waals surface area contributed by atoms with Crippen LogP contribution in [0.15, 0.2) is 4.90 Å². The van der Waals surface area contributed by atoms with E-state index in [2.05, 4.69) is 0 Å². The van der Waals surface area contributed by atoms with E-state index >= 15 is 0 Å². The average molecular weight is 252 g/mol. The van der Waals surface area contributed by atoms with E-state index in [0.717, 1.165) is 0 Å². The maximum Gasteiger partial charge on any atom is 1.00 e. The molecule has 0 heterocycles. The summed E-state index contributed by atoms with van der Waals surface area (Å²) in [5, 5.41) is 0. The molecule has 0 amide bonds. The first-order valence-corrected chi connectivity index (χ1v) is 5.69. The second-order valence-corrected chi connectivity index (χ2v) is 4.80. The quantitative estimate of drug-likeness (QED) is 0.331. The van der Waals surface area contributed by atoms with Gasteiger partial charge in [-0.1, -0.05) is 0 Å². The summed E-state index contributed by atoms with van der Waals surface area (Å²) in [6.07, 6.45) is 0. The summed E-state index contributed by atoms with van der Waals surface area (Å²) < 4.78 is 33.1. The molecule has 84 valence electrons. The molecule has 0 aliphatic carbocycles. The molecule has 0 atom stereocenters. The van der Waals surface area contributed by atoms with Crippen molar-refractivity contribution in [3.63, 3.8) is 0 Å². The van der Waals surface area contributed by atoms with Crippen LogP contribution >= 0.6 is 0 Å². The van der Waals surface area contributed by atoms with Crippen LogP contribution in [0.5, 0.6) is 0 Å². The summed E-state index contributed by atoms with van der Waals surface area (Å²) in [5.74, 6) is 0. The Morgan fingerprint density at radius 1 is 0.938 bits per heavy atom. The molecular formula is C9H13N2NaO3S. The van der Waals surface area contributed by atoms with E-state index in [-0.39, 0.29) is 57.0 Å². The van der Waals surface area contributed by atoms with Gasteiger partial charge in [-0.05, 0) is 37.5 Å². The molecule has 16 heavy (non-hydrogen) atoms. The Morgan fingerprint density at radius 2 is 1.25 bits per heavy atom. The Hall–Kier alpha value is -0.270. The summed E-state index contributed by atoms with van der Waals surface area (Å²) in [7, 11) is -4.54. The van der Waals surface area contributed by atoms with Crippen molar-refractivity contribution in [2.45, 2.75) is 25.7 Å². The van der Waals surface area contributed by atoms with Crippen molar-refractivity contribution in [1.82, 2.24) is 0 Å². The van der Waals surface area contributed by atoms with Gasteiger partial charge in [0.1, 0.15) is 10.1 Å². The topological polar surface area (TPSA) is 109 Å². The number of anilines is 2. The molecule has 0 radical (unpaired) electrons. The van der Waals surface area contributed by atoms with Gasteiger partial charge < -0.3 is 16.0 Å². The van der Waals surface area contributed by atoms with E-state index in [4.69, 9.17) is 11.5 Å². The van der Waals surface area contributed by atoms with Crippen LogP contribution in [0.1, 0.15) is 16.7 Å². The van der Waals surface area contributed by atoms with Crippen molar-refractivity contribution in [2.75, 3.05) is 11.5 Å². The average Bonchev–Trinajstić information content (AvgIpc) is 2.09. The Morgan fingerprint density at radius 3 is 1.50 bits per heavy atom. The van der Waals surface area contributed by atoms with Gasteiger partial charge in [0.05, 0.1) is 4.90 Å². The van der Waals surface area contributed by atoms with Gasteiger partial charge in [0.2, 0.25) is 0 Å². The SMILES string of the molecule is Cc1c(N)c(C)c(S(=O)(=O)[O-])c(C)c1N.[Na+]. The van der Waals surface area contributed by atoms with Crippen LogP contribution in [0.2, 0.25) is 0 Å². The van der Waals surface area contributed by atoms with Gasteiger partial charge in [0, 0.05) is 11.4 Å². The molecule has 1 aromatic rings. The molecule has 0 bridgehead atoms. The summed E-state index contributed by atoms with van der Waals surface area (Å²) >= 11 is 0. The van der Waals surface area contributed by atoms with E-state index < -0.39 is 10.1 Å². The molecule has 0 aliphatic rings. The van der Waals surface area contributed by atoms with Crippen LogP contribution in [0.3, 0.4) is 0 Å². The minimum atomic E-state index is -4.54. The van der Waals surface area contributed by atoms with Crippen molar-refractivity contribution < 1.29 is 42.5 Å². The standard InChI is InChI=1S/C9H14N2O3S.Na/c1-4-7(10)5(2)9(15(12,13)14)6(3)8(4)11;/h10-11H2,1-3H3,(H,12,13,14);/q;+1/p-1. The van der Waals surface area contributed by atoms with E-state index in [0.29, 0.717) is 5.56 Å². The second kappa shape index (κ2) is 4.93. The smallest absolute Gasteiger partial charge is 0.744 e. The minimum Gasteiger partial charge on any atom is -0.744 e. The molecule has 1 rings (SSSR count). The van der Waals surface area contributed by atoms with E-state index in [1.807, 2.05) is 0 Å². The molecule has 0 unspecified atom stereocenters. The minimum absolute atomic E-state index is 0. The summed E-state index contributed by atoms with van der Waals surface area (Å²) in [6, 6.07) is 0. The van der Waals surface area contributed by atoms with Crippen molar-refractivity contribution in [3.05, 3.63) is 16.7 Å². The van der Waals surface area contributed by atoms with Crippen molar-refractivity contribution in [2.24, 2.45) is 0 Å². The van der Waals surface area contributed by atoms with E-state index in [1.54, 1.807) is 6.92 Å². The third-order valence-corrected chi connectivity index (χ3v) is 3.66. The molecular weight excluding hydrogens is 239 g/mol. The first-order valence-electron chi connectivity index (χ1n) is 4.28. The van der Waals surface area contributed by atoms with Crippen molar-refractivity contribution >= 4 is 21.5 Å². The maximum atomic E-state index is 11.0. The number of hydrogen-bond acceptors (Lipinski definition) is 5. The van der Waals surface area contributed by atoms with Crippen molar-refractivity contribution in [1.29, 1.82) is 0 Å². The molecule has 1 aromatic carbocycles. The summed E-state index contributed by atoms with van der Waals surface area (Å²) in [4.78, 5) is -0.303. The Kier molecular flexibility index (Phi) is 4.85. The second-order valence-electron chi connectivity index (χ2n) is 3.49. The molecule has 0 aliphatic heterocycles. The van der Waals surface area contributed by atoms with Gasteiger partial charge in [0.15, 0.2) is 0 Å². The van der Waals surface area contributed by atoms with Crippen LogP contribution in [-0.2, 0) is 10.1 Å². The van der Waals surface area contributed by atoms with Gasteiger partial charge >= 0.3 is 29.6 Å². The zero-order valence-electron chi connectivity index (χ0n) is 9.79. The zero-order chi connectivity index (χ0) is 12.0. The molecule has 0 aromatic heterocycles. The fourth-order valence-electron chi connectivity index (χ4n) is 1.61. The van der Waals surface area contributed by atoms with Gasteiger partial charge in [-0.15, -0.1) is 0 Å². The third kappa shape index (κ3) is 2.52. The van der Waals surface area contributed by atoms with Crippen LogP contribution in [-0.4, -0.2) is 13.0 Å². The monoisotopic (exact) mass is 252 g/mol. The Bertz CT molecular complexity index is 497. The molecule has 5 nitrogen and oxygen atoms in total. The van der Waals surface area contributed by atoms with Gasteiger partial charge in [0.25, 0.3) is 0 Å². The summed E-state index contributed by atoms with van der Waals surface area (Å²) in [5.41, 5.74) is 13.0. The predicted octanol–water partition coefficient (Wildman–Crippen LogP) is -2.32. The normalized spacial score (nSPS) is 11.0. The van der Waals surface area contributed by atoms with Crippen LogP contribution in [0.25, 0.3) is 0 Å². The first kappa shape index (κ1) is 15.7. The Balaban J connectivity index is 0.00000225. The van der Waals surface area contributed by atoms with Gasteiger partial charge in [-0.2, -0.15) is 0 Å². The van der Waals surface area contributed by atoms with Gasteiger partial charge in [-0.25, -0.2) is 8.42 Å². The van der Waals surface area contributed by atoms with E-state index in [9.17, 15) is 13.0 Å². The number of nitrogen functional groups attached to an aromatic ring is 2. The number of nitrogens with two attached hydrogens (primary N) is 2. The molecule has 0 fully saturated rings. The first-order chi connectivity index (χ1) is 6.68. The number of rotatable bonds is 1. The maximum absolute atomic E-state index is 11.0.